The number of carbonyl (C=O) groups excluding carboxylic acids is 1. The van der Waals surface area contributed by atoms with Crippen LogP contribution >= 0.6 is 23.2 Å². The molecule has 0 radical (unpaired) electrons. The fourth-order valence-corrected chi connectivity index (χ4v) is 1.87. The van der Waals surface area contributed by atoms with E-state index >= 15 is 0 Å². The monoisotopic (exact) mass is 306 g/mol. The molecule has 0 aliphatic rings. The molecular weight excluding hydrogens is 295 g/mol. The first-order valence-corrected chi connectivity index (χ1v) is 6.74. The number of benzene rings is 2. The quantitative estimate of drug-likeness (QED) is 0.591. The number of ether oxygens (including phenoxy) is 1. The molecule has 20 heavy (non-hydrogen) atoms. The van der Waals surface area contributed by atoms with E-state index in [0.717, 1.165) is 16.9 Å². The molecule has 0 saturated heterocycles. The highest BCUT2D eigenvalue weighted by atomic mass is 35.5. The van der Waals surface area contributed by atoms with Crippen molar-refractivity contribution in [1.29, 1.82) is 0 Å². The van der Waals surface area contributed by atoms with Gasteiger partial charge >= 0.3 is 0 Å². The minimum Gasteiger partial charge on any atom is -0.489 e. The fourth-order valence-electron chi connectivity index (χ4n) is 1.61. The second-order valence-electron chi connectivity index (χ2n) is 4.09. The third-order valence-corrected chi connectivity index (χ3v) is 3.13. The van der Waals surface area contributed by atoms with Gasteiger partial charge < -0.3 is 4.74 Å². The van der Waals surface area contributed by atoms with E-state index in [0.29, 0.717) is 11.6 Å². The SMILES string of the molecule is O=C(Cl)C=Cc1ccc(OCc2ccccc2Cl)cc1. The zero-order valence-electron chi connectivity index (χ0n) is 10.6. The van der Waals surface area contributed by atoms with Crippen LogP contribution in [0.2, 0.25) is 5.02 Å². The molecule has 0 amide bonds. The normalized spacial score (nSPS) is 10.7. The van der Waals surface area contributed by atoms with Crippen molar-refractivity contribution in [2.24, 2.45) is 0 Å². The lowest BCUT2D eigenvalue weighted by Crippen LogP contribution is -1.95. The number of hydrogen-bond donors (Lipinski definition) is 0. The summed E-state index contributed by atoms with van der Waals surface area (Å²) in [6, 6.07) is 14.9. The molecule has 0 aliphatic carbocycles. The summed E-state index contributed by atoms with van der Waals surface area (Å²) in [5.41, 5.74) is 1.81. The van der Waals surface area contributed by atoms with Crippen LogP contribution in [0.3, 0.4) is 0 Å². The van der Waals surface area contributed by atoms with Gasteiger partial charge in [-0.25, -0.2) is 0 Å². The average Bonchev–Trinajstić information content (AvgIpc) is 2.45. The van der Waals surface area contributed by atoms with Gasteiger partial charge in [0.1, 0.15) is 12.4 Å². The van der Waals surface area contributed by atoms with Crippen LogP contribution in [0.15, 0.2) is 54.6 Å². The van der Waals surface area contributed by atoms with Gasteiger partial charge in [-0.05, 0) is 41.4 Å². The Hall–Kier alpha value is -1.77. The summed E-state index contributed by atoms with van der Waals surface area (Å²) < 4.78 is 5.65. The highest BCUT2D eigenvalue weighted by molar-refractivity contribution is 6.66. The lowest BCUT2D eigenvalue weighted by Gasteiger charge is -2.07. The smallest absolute Gasteiger partial charge is 0.245 e. The summed E-state index contributed by atoms with van der Waals surface area (Å²) in [4.78, 5) is 10.6. The Morgan fingerprint density at radius 3 is 2.45 bits per heavy atom. The molecule has 0 aromatic heterocycles. The molecule has 0 fully saturated rings. The molecule has 2 aromatic rings. The van der Waals surface area contributed by atoms with Crippen molar-refractivity contribution in [3.8, 4) is 5.75 Å². The van der Waals surface area contributed by atoms with Gasteiger partial charge in [0.05, 0.1) is 0 Å². The van der Waals surface area contributed by atoms with Crippen LogP contribution in [0.4, 0.5) is 0 Å². The van der Waals surface area contributed by atoms with E-state index in [1.165, 1.54) is 6.08 Å². The zero-order chi connectivity index (χ0) is 14.4. The summed E-state index contributed by atoms with van der Waals surface area (Å²) in [5.74, 6) is 0.735. The number of carbonyl (C=O) groups is 1. The van der Waals surface area contributed by atoms with Crippen molar-refractivity contribution < 1.29 is 9.53 Å². The zero-order valence-corrected chi connectivity index (χ0v) is 12.1. The maximum absolute atomic E-state index is 10.6. The summed E-state index contributed by atoms with van der Waals surface area (Å²) in [7, 11) is 0. The molecule has 102 valence electrons. The van der Waals surface area contributed by atoms with Crippen molar-refractivity contribution >= 4 is 34.5 Å². The molecule has 0 heterocycles. The topological polar surface area (TPSA) is 26.3 Å². The molecule has 0 unspecified atom stereocenters. The van der Waals surface area contributed by atoms with E-state index in [9.17, 15) is 4.79 Å². The highest BCUT2D eigenvalue weighted by Crippen LogP contribution is 2.19. The lowest BCUT2D eigenvalue weighted by molar-refractivity contribution is -0.107. The molecule has 2 nitrogen and oxygen atoms in total. The molecule has 0 aliphatic heterocycles. The Morgan fingerprint density at radius 1 is 1.10 bits per heavy atom. The molecule has 4 heteroatoms. The maximum atomic E-state index is 10.6. The first-order chi connectivity index (χ1) is 9.65. The number of rotatable bonds is 5. The van der Waals surface area contributed by atoms with Crippen LogP contribution in [-0.4, -0.2) is 5.24 Å². The van der Waals surface area contributed by atoms with Gasteiger partial charge in [0.2, 0.25) is 5.24 Å². The molecule has 0 bridgehead atoms. The summed E-state index contributed by atoms with van der Waals surface area (Å²) >= 11 is 11.3. The van der Waals surface area contributed by atoms with Crippen LogP contribution in [-0.2, 0) is 11.4 Å². The fraction of sp³-hybridized carbons (Fsp3) is 0.0625. The molecule has 0 N–H and O–H groups in total. The van der Waals surface area contributed by atoms with Crippen LogP contribution in [0.5, 0.6) is 5.75 Å². The molecule has 2 rings (SSSR count). The number of allylic oxidation sites excluding steroid dienone is 1. The molecular formula is C16H12Cl2O2. The van der Waals surface area contributed by atoms with Crippen LogP contribution in [0, 0.1) is 0 Å². The van der Waals surface area contributed by atoms with Gasteiger partial charge in [-0.15, -0.1) is 0 Å². The van der Waals surface area contributed by atoms with Crippen molar-refractivity contribution in [2.75, 3.05) is 0 Å². The van der Waals surface area contributed by atoms with Gasteiger partial charge in [-0.1, -0.05) is 48.0 Å². The Morgan fingerprint density at radius 2 is 1.80 bits per heavy atom. The van der Waals surface area contributed by atoms with E-state index in [4.69, 9.17) is 27.9 Å². The first-order valence-electron chi connectivity index (χ1n) is 5.99. The largest absolute Gasteiger partial charge is 0.489 e. The van der Waals surface area contributed by atoms with E-state index in [1.54, 1.807) is 6.08 Å². The van der Waals surface area contributed by atoms with E-state index in [1.807, 2.05) is 48.5 Å². The van der Waals surface area contributed by atoms with Crippen LogP contribution in [0.1, 0.15) is 11.1 Å². The molecule has 2 aromatic carbocycles. The molecule has 0 saturated carbocycles. The van der Waals surface area contributed by atoms with Gasteiger partial charge in [0.15, 0.2) is 0 Å². The summed E-state index contributed by atoms with van der Waals surface area (Å²) in [5, 5.41) is 0.191. The summed E-state index contributed by atoms with van der Waals surface area (Å²) in [6.45, 7) is 0.412. The van der Waals surface area contributed by atoms with Gasteiger partial charge in [-0.3, -0.25) is 4.79 Å². The Balaban J connectivity index is 1.97. The van der Waals surface area contributed by atoms with Crippen molar-refractivity contribution in [1.82, 2.24) is 0 Å². The maximum Gasteiger partial charge on any atom is 0.245 e. The Kier molecular flexibility index (Phi) is 5.22. The van der Waals surface area contributed by atoms with Gasteiger partial charge in [0, 0.05) is 10.6 Å². The molecule has 0 spiro atoms. The Labute approximate surface area is 127 Å². The van der Waals surface area contributed by atoms with Crippen LogP contribution in [0.25, 0.3) is 6.08 Å². The van der Waals surface area contributed by atoms with E-state index in [-0.39, 0.29) is 0 Å². The predicted molar refractivity (Wildman–Crippen MR) is 82.1 cm³/mol. The minimum atomic E-state index is -0.496. The van der Waals surface area contributed by atoms with Crippen molar-refractivity contribution in [3.05, 3.63) is 70.8 Å². The second-order valence-corrected chi connectivity index (χ2v) is 4.87. The van der Waals surface area contributed by atoms with Gasteiger partial charge in [-0.2, -0.15) is 0 Å². The average molecular weight is 307 g/mol. The van der Waals surface area contributed by atoms with E-state index < -0.39 is 5.24 Å². The lowest BCUT2D eigenvalue weighted by atomic mass is 10.2. The highest BCUT2D eigenvalue weighted by Gasteiger charge is 2.00. The van der Waals surface area contributed by atoms with E-state index in [2.05, 4.69) is 0 Å². The number of hydrogen-bond acceptors (Lipinski definition) is 2. The summed E-state index contributed by atoms with van der Waals surface area (Å²) in [6.07, 6.45) is 2.95. The third kappa shape index (κ3) is 4.41. The van der Waals surface area contributed by atoms with Crippen LogP contribution < -0.4 is 4.74 Å². The van der Waals surface area contributed by atoms with Crippen molar-refractivity contribution in [3.63, 3.8) is 0 Å². The van der Waals surface area contributed by atoms with Gasteiger partial charge in [0.25, 0.3) is 0 Å². The third-order valence-electron chi connectivity index (χ3n) is 2.64. The predicted octanol–water partition coefficient (Wildman–Crippen LogP) is 4.70. The second kappa shape index (κ2) is 7.13. The molecule has 0 atom stereocenters. The number of halogens is 2. The standard InChI is InChI=1S/C16H12Cl2O2/c17-15-4-2-1-3-13(15)11-20-14-8-5-12(6-9-14)7-10-16(18)19/h1-10H,11H2. The minimum absolute atomic E-state index is 0.412. The van der Waals surface area contributed by atoms with Crippen molar-refractivity contribution in [2.45, 2.75) is 6.61 Å². The Bertz CT molecular complexity index is 619. The first kappa shape index (κ1) is 14.6.